The first kappa shape index (κ1) is 21.4. The van der Waals surface area contributed by atoms with E-state index in [9.17, 15) is 9.90 Å². The normalized spacial score (nSPS) is 12.3. The smallest absolute Gasteiger partial charge is 0.308 e. The number of aliphatic hydroxyl groups excluding tert-OH is 2. The summed E-state index contributed by atoms with van der Waals surface area (Å²) in [6.07, 6.45) is 13.5. The van der Waals surface area contributed by atoms with E-state index in [1.807, 2.05) is 0 Å². The topological polar surface area (TPSA) is 66.8 Å². The van der Waals surface area contributed by atoms with Crippen LogP contribution < -0.4 is 0 Å². The fourth-order valence-electron chi connectivity index (χ4n) is 2.60. The van der Waals surface area contributed by atoms with Crippen molar-refractivity contribution < 1.29 is 19.7 Å². The zero-order chi connectivity index (χ0) is 16.5. The Hall–Kier alpha value is -0.610. The van der Waals surface area contributed by atoms with Gasteiger partial charge < -0.3 is 14.9 Å². The van der Waals surface area contributed by atoms with Crippen LogP contribution in [0.1, 0.15) is 90.4 Å². The molecule has 0 saturated heterocycles. The Morgan fingerprint density at radius 2 is 1.32 bits per heavy atom. The van der Waals surface area contributed by atoms with Crippen molar-refractivity contribution in [1.29, 1.82) is 0 Å². The maximum atomic E-state index is 11.2. The van der Waals surface area contributed by atoms with E-state index in [0.29, 0.717) is 19.6 Å². The van der Waals surface area contributed by atoms with Crippen LogP contribution in [0, 0.1) is 0 Å². The van der Waals surface area contributed by atoms with Gasteiger partial charge in [0.1, 0.15) is 0 Å². The molecule has 0 amide bonds. The predicted molar refractivity (Wildman–Crippen MR) is 89.7 cm³/mol. The third-order valence-electron chi connectivity index (χ3n) is 3.90. The van der Waals surface area contributed by atoms with E-state index < -0.39 is 6.10 Å². The molecule has 4 heteroatoms. The predicted octanol–water partition coefficient (Wildman–Crippen LogP) is 3.97. The number of aliphatic hydroxyl groups is 2. The van der Waals surface area contributed by atoms with Crippen molar-refractivity contribution in [2.45, 2.75) is 96.5 Å². The molecule has 1 unspecified atom stereocenters. The van der Waals surface area contributed by atoms with Crippen LogP contribution in [0.3, 0.4) is 0 Å². The van der Waals surface area contributed by atoms with Gasteiger partial charge in [0.2, 0.25) is 0 Å². The Morgan fingerprint density at radius 3 is 1.77 bits per heavy atom. The van der Waals surface area contributed by atoms with Gasteiger partial charge in [-0.05, 0) is 19.8 Å². The van der Waals surface area contributed by atoms with Crippen molar-refractivity contribution in [3.63, 3.8) is 0 Å². The Morgan fingerprint density at radius 1 is 0.864 bits per heavy atom. The van der Waals surface area contributed by atoms with E-state index in [1.165, 1.54) is 44.9 Å². The van der Waals surface area contributed by atoms with E-state index in [0.717, 1.165) is 25.7 Å². The van der Waals surface area contributed by atoms with Gasteiger partial charge in [-0.1, -0.05) is 64.2 Å². The lowest BCUT2D eigenvalue weighted by atomic mass is 10.0. The Bertz CT molecular complexity index is 243. The molecule has 0 aliphatic carbocycles. The Labute approximate surface area is 136 Å². The molecule has 0 radical (unpaired) electrons. The Kier molecular flexibility index (Phi) is 16.3. The fraction of sp³-hybridized carbons (Fsp3) is 0.944. The van der Waals surface area contributed by atoms with Crippen LogP contribution >= 0.6 is 0 Å². The number of esters is 1. The third kappa shape index (κ3) is 15.8. The second kappa shape index (κ2) is 16.8. The first-order chi connectivity index (χ1) is 10.7. The molecule has 0 rings (SSSR count). The van der Waals surface area contributed by atoms with E-state index in [-0.39, 0.29) is 12.4 Å². The summed E-state index contributed by atoms with van der Waals surface area (Å²) in [4.78, 5) is 11.2. The largest absolute Gasteiger partial charge is 0.466 e. The summed E-state index contributed by atoms with van der Waals surface area (Å²) in [6.45, 7) is 2.49. The first-order valence-corrected chi connectivity index (χ1v) is 9.15. The molecule has 1 atom stereocenters. The SMILES string of the molecule is CCOC(=O)CC(O)CCCCCCCCCCCCCO. The molecule has 0 aliphatic heterocycles. The first-order valence-electron chi connectivity index (χ1n) is 9.15. The van der Waals surface area contributed by atoms with Gasteiger partial charge in [-0.25, -0.2) is 0 Å². The van der Waals surface area contributed by atoms with E-state index >= 15 is 0 Å². The van der Waals surface area contributed by atoms with Crippen LogP contribution in [0.15, 0.2) is 0 Å². The molecular formula is C18H36O4. The number of hydrogen-bond acceptors (Lipinski definition) is 4. The second-order valence-corrected chi connectivity index (χ2v) is 6.06. The van der Waals surface area contributed by atoms with Crippen molar-refractivity contribution in [1.82, 2.24) is 0 Å². The molecule has 0 aliphatic rings. The van der Waals surface area contributed by atoms with Crippen LogP contribution in [0.4, 0.5) is 0 Å². The molecule has 0 saturated carbocycles. The van der Waals surface area contributed by atoms with Gasteiger partial charge in [-0.2, -0.15) is 0 Å². The quantitative estimate of drug-likeness (QED) is 0.334. The van der Waals surface area contributed by atoms with Gasteiger partial charge in [-0.15, -0.1) is 0 Å². The number of carbonyl (C=O) groups is 1. The Balaban J connectivity index is 3.18. The molecule has 132 valence electrons. The number of ether oxygens (including phenoxy) is 1. The minimum absolute atomic E-state index is 0.129. The van der Waals surface area contributed by atoms with E-state index in [1.54, 1.807) is 6.92 Å². The standard InChI is InChI=1S/C18H36O4/c1-2-22-18(21)16-17(20)14-12-10-8-6-4-3-5-7-9-11-13-15-19/h17,19-20H,2-16H2,1H3. The highest BCUT2D eigenvalue weighted by Gasteiger charge is 2.10. The summed E-state index contributed by atoms with van der Waals surface area (Å²) < 4.78 is 4.81. The van der Waals surface area contributed by atoms with Crippen molar-refractivity contribution in [2.75, 3.05) is 13.2 Å². The highest BCUT2D eigenvalue weighted by Crippen LogP contribution is 2.13. The molecule has 2 N–H and O–H groups in total. The lowest BCUT2D eigenvalue weighted by molar-refractivity contribution is -0.145. The molecule has 0 spiro atoms. The van der Waals surface area contributed by atoms with Gasteiger partial charge in [0.15, 0.2) is 0 Å². The van der Waals surface area contributed by atoms with Crippen LogP contribution in [-0.4, -0.2) is 35.5 Å². The number of hydrogen-bond donors (Lipinski definition) is 2. The number of unbranched alkanes of at least 4 members (excludes halogenated alkanes) is 10. The maximum Gasteiger partial charge on any atom is 0.308 e. The van der Waals surface area contributed by atoms with Crippen molar-refractivity contribution in [2.24, 2.45) is 0 Å². The molecule has 0 bridgehead atoms. The molecule has 0 fully saturated rings. The summed E-state index contributed by atoms with van der Waals surface area (Å²) >= 11 is 0. The number of rotatable bonds is 16. The average molecular weight is 316 g/mol. The molecule has 4 nitrogen and oxygen atoms in total. The minimum Gasteiger partial charge on any atom is -0.466 e. The zero-order valence-corrected chi connectivity index (χ0v) is 14.4. The highest BCUT2D eigenvalue weighted by atomic mass is 16.5. The lowest BCUT2D eigenvalue weighted by Crippen LogP contribution is -2.15. The van der Waals surface area contributed by atoms with Gasteiger partial charge in [0.05, 0.1) is 19.1 Å². The van der Waals surface area contributed by atoms with Crippen LogP contribution in [0.5, 0.6) is 0 Å². The summed E-state index contributed by atoms with van der Waals surface area (Å²) in [5.74, 6) is -0.297. The third-order valence-corrected chi connectivity index (χ3v) is 3.90. The molecule has 0 aromatic rings. The van der Waals surface area contributed by atoms with E-state index in [2.05, 4.69) is 0 Å². The fourth-order valence-corrected chi connectivity index (χ4v) is 2.60. The van der Waals surface area contributed by atoms with Gasteiger partial charge >= 0.3 is 5.97 Å². The molecule has 0 heterocycles. The summed E-state index contributed by atoms with van der Waals surface area (Å²) in [6, 6.07) is 0. The van der Waals surface area contributed by atoms with Crippen molar-refractivity contribution >= 4 is 5.97 Å². The summed E-state index contributed by atoms with van der Waals surface area (Å²) in [5, 5.41) is 18.4. The summed E-state index contributed by atoms with van der Waals surface area (Å²) in [7, 11) is 0. The lowest BCUT2D eigenvalue weighted by Gasteiger charge is -2.09. The zero-order valence-electron chi connectivity index (χ0n) is 14.4. The van der Waals surface area contributed by atoms with Gasteiger partial charge in [0, 0.05) is 6.61 Å². The monoisotopic (exact) mass is 316 g/mol. The van der Waals surface area contributed by atoms with Crippen LogP contribution in [0.2, 0.25) is 0 Å². The molecule has 22 heavy (non-hydrogen) atoms. The average Bonchev–Trinajstić information content (AvgIpc) is 2.48. The van der Waals surface area contributed by atoms with Crippen molar-refractivity contribution in [3.05, 3.63) is 0 Å². The number of carbonyl (C=O) groups excluding carboxylic acids is 1. The van der Waals surface area contributed by atoms with Crippen LogP contribution in [-0.2, 0) is 9.53 Å². The van der Waals surface area contributed by atoms with Crippen molar-refractivity contribution in [3.8, 4) is 0 Å². The van der Waals surface area contributed by atoms with Crippen LogP contribution in [0.25, 0.3) is 0 Å². The van der Waals surface area contributed by atoms with E-state index in [4.69, 9.17) is 9.84 Å². The molecule has 0 aromatic heterocycles. The van der Waals surface area contributed by atoms with Gasteiger partial charge in [0.25, 0.3) is 0 Å². The minimum atomic E-state index is -0.544. The maximum absolute atomic E-state index is 11.2. The van der Waals surface area contributed by atoms with Gasteiger partial charge in [-0.3, -0.25) is 4.79 Å². The second-order valence-electron chi connectivity index (χ2n) is 6.06. The highest BCUT2D eigenvalue weighted by molar-refractivity contribution is 5.69. The molecular weight excluding hydrogens is 280 g/mol. The molecule has 0 aromatic carbocycles. The summed E-state index contributed by atoms with van der Waals surface area (Å²) in [5.41, 5.74) is 0.